The molecular weight excluding hydrogens is 184 g/mol. The van der Waals surface area contributed by atoms with Crippen molar-refractivity contribution in [1.82, 2.24) is 4.98 Å². The quantitative estimate of drug-likeness (QED) is 0.798. The standard InChI is InChI=1S/C13H20N2/c1-10-4-3-5-12(8-10)15-13-9-14-7-6-11(13)2/h6-7,9-10,12,15H,3-5,8H2,1-2H3. The zero-order valence-electron chi connectivity index (χ0n) is 9.66. The number of nitrogens with one attached hydrogen (secondary N) is 1. The van der Waals surface area contributed by atoms with E-state index in [4.69, 9.17) is 0 Å². The minimum Gasteiger partial charge on any atom is -0.381 e. The largest absolute Gasteiger partial charge is 0.381 e. The SMILES string of the molecule is Cc1ccncc1NC1CCCC(C)C1. The first kappa shape index (κ1) is 10.5. The molecule has 2 atom stereocenters. The molecule has 0 saturated heterocycles. The second-order valence-corrected chi connectivity index (χ2v) is 4.80. The van der Waals surface area contributed by atoms with Crippen LogP contribution in [0.25, 0.3) is 0 Å². The summed E-state index contributed by atoms with van der Waals surface area (Å²) in [5, 5.41) is 3.62. The highest BCUT2D eigenvalue weighted by Gasteiger charge is 2.18. The summed E-state index contributed by atoms with van der Waals surface area (Å²) in [7, 11) is 0. The van der Waals surface area contributed by atoms with Crippen LogP contribution in [0.2, 0.25) is 0 Å². The van der Waals surface area contributed by atoms with Crippen LogP contribution in [0, 0.1) is 12.8 Å². The number of rotatable bonds is 2. The van der Waals surface area contributed by atoms with Gasteiger partial charge < -0.3 is 5.32 Å². The highest BCUT2D eigenvalue weighted by molar-refractivity contribution is 5.48. The van der Waals surface area contributed by atoms with Crippen LogP contribution in [-0.2, 0) is 0 Å². The zero-order valence-corrected chi connectivity index (χ0v) is 9.66. The first-order valence-corrected chi connectivity index (χ1v) is 5.93. The van der Waals surface area contributed by atoms with E-state index in [9.17, 15) is 0 Å². The van der Waals surface area contributed by atoms with Crippen LogP contribution in [-0.4, -0.2) is 11.0 Å². The number of pyridine rings is 1. The molecule has 15 heavy (non-hydrogen) atoms. The Labute approximate surface area is 92.1 Å². The predicted molar refractivity (Wildman–Crippen MR) is 64.0 cm³/mol. The van der Waals surface area contributed by atoms with E-state index in [2.05, 4.69) is 30.2 Å². The van der Waals surface area contributed by atoms with Gasteiger partial charge in [0, 0.05) is 12.2 Å². The van der Waals surface area contributed by atoms with Crippen molar-refractivity contribution in [2.75, 3.05) is 5.32 Å². The molecule has 1 N–H and O–H groups in total. The monoisotopic (exact) mass is 204 g/mol. The van der Waals surface area contributed by atoms with Crippen molar-refractivity contribution in [1.29, 1.82) is 0 Å². The summed E-state index contributed by atoms with van der Waals surface area (Å²) in [6.07, 6.45) is 9.15. The average Bonchev–Trinajstić information content (AvgIpc) is 2.22. The lowest BCUT2D eigenvalue weighted by Crippen LogP contribution is -2.26. The molecule has 1 aliphatic carbocycles. The number of hydrogen-bond donors (Lipinski definition) is 1. The van der Waals surface area contributed by atoms with Gasteiger partial charge >= 0.3 is 0 Å². The molecule has 2 unspecified atom stereocenters. The van der Waals surface area contributed by atoms with Crippen molar-refractivity contribution in [3.63, 3.8) is 0 Å². The van der Waals surface area contributed by atoms with Crippen LogP contribution in [0.4, 0.5) is 5.69 Å². The first-order valence-electron chi connectivity index (χ1n) is 5.93. The Bertz CT molecular complexity index is 322. The number of aromatic nitrogens is 1. The summed E-state index contributed by atoms with van der Waals surface area (Å²) in [5.41, 5.74) is 2.50. The lowest BCUT2D eigenvalue weighted by atomic mass is 9.87. The second kappa shape index (κ2) is 4.65. The Balaban J connectivity index is 1.99. The van der Waals surface area contributed by atoms with Gasteiger partial charge in [-0.3, -0.25) is 4.98 Å². The Kier molecular flexibility index (Phi) is 3.24. The highest BCUT2D eigenvalue weighted by Crippen LogP contribution is 2.26. The molecule has 0 spiro atoms. The van der Waals surface area contributed by atoms with E-state index >= 15 is 0 Å². The van der Waals surface area contributed by atoms with E-state index in [1.165, 1.54) is 36.9 Å². The van der Waals surface area contributed by atoms with E-state index in [1.54, 1.807) is 0 Å². The fourth-order valence-corrected chi connectivity index (χ4v) is 2.40. The van der Waals surface area contributed by atoms with Gasteiger partial charge in [-0.1, -0.05) is 19.8 Å². The van der Waals surface area contributed by atoms with Crippen molar-refractivity contribution < 1.29 is 0 Å². The van der Waals surface area contributed by atoms with Crippen molar-refractivity contribution in [2.45, 2.75) is 45.6 Å². The Morgan fingerprint density at radius 2 is 2.27 bits per heavy atom. The molecule has 0 radical (unpaired) electrons. The van der Waals surface area contributed by atoms with Gasteiger partial charge in [0.05, 0.1) is 11.9 Å². The van der Waals surface area contributed by atoms with Gasteiger partial charge in [0.15, 0.2) is 0 Å². The molecule has 1 aromatic rings. The molecule has 2 heteroatoms. The average molecular weight is 204 g/mol. The molecule has 2 nitrogen and oxygen atoms in total. The summed E-state index contributed by atoms with van der Waals surface area (Å²) >= 11 is 0. The maximum Gasteiger partial charge on any atom is 0.0558 e. The van der Waals surface area contributed by atoms with Gasteiger partial charge in [-0.2, -0.15) is 0 Å². The molecule has 1 heterocycles. The van der Waals surface area contributed by atoms with Crippen LogP contribution in [0.3, 0.4) is 0 Å². The van der Waals surface area contributed by atoms with Gasteiger partial charge in [-0.15, -0.1) is 0 Å². The van der Waals surface area contributed by atoms with Gasteiger partial charge in [-0.25, -0.2) is 0 Å². The molecule has 2 rings (SSSR count). The molecule has 0 bridgehead atoms. The van der Waals surface area contributed by atoms with Crippen molar-refractivity contribution in [3.05, 3.63) is 24.0 Å². The fourth-order valence-electron chi connectivity index (χ4n) is 2.40. The van der Waals surface area contributed by atoms with E-state index in [0.29, 0.717) is 6.04 Å². The summed E-state index contributed by atoms with van der Waals surface area (Å²) in [6, 6.07) is 2.71. The Morgan fingerprint density at radius 1 is 1.40 bits per heavy atom. The molecule has 0 amide bonds. The number of anilines is 1. The minimum absolute atomic E-state index is 0.650. The Morgan fingerprint density at radius 3 is 3.00 bits per heavy atom. The van der Waals surface area contributed by atoms with E-state index in [1.807, 2.05) is 12.4 Å². The van der Waals surface area contributed by atoms with E-state index in [-0.39, 0.29) is 0 Å². The van der Waals surface area contributed by atoms with Crippen molar-refractivity contribution in [2.24, 2.45) is 5.92 Å². The normalized spacial score (nSPS) is 26.3. The number of nitrogens with zero attached hydrogens (tertiary/aromatic N) is 1. The third kappa shape index (κ3) is 2.71. The van der Waals surface area contributed by atoms with Crippen LogP contribution >= 0.6 is 0 Å². The summed E-state index contributed by atoms with van der Waals surface area (Å²) in [6.45, 7) is 4.49. The first-order chi connectivity index (χ1) is 7.25. The topological polar surface area (TPSA) is 24.9 Å². The number of hydrogen-bond acceptors (Lipinski definition) is 2. The van der Waals surface area contributed by atoms with Crippen molar-refractivity contribution in [3.8, 4) is 0 Å². The molecule has 1 aromatic heterocycles. The lowest BCUT2D eigenvalue weighted by molar-refractivity contribution is 0.358. The molecule has 82 valence electrons. The Hall–Kier alpha value is -1.05. The maximum absolute atomic E-state index is 4.17. The fraction of sp³-hybridized carbons (Fsp3) is 0.615. The number of aryl methyl sites for hydroxylation is 1. The van der Waals surface area contributed by atoms with Crippen LogP contribution < -0.4 is 5.32 Å². The van der Waals surface area contributed by atoms with Gasteiger partial charge in [-0.05, 0) is 37.3 Å². The third-order valence-corrected chi connectivity index (χ3v) is 3.34. The van der Waals surface area contributed by atoms with Gasteiger partial charge in [0.25, 0.3) is 0 Å². The highest BCUT2D eigenvalue weighted by atomic mass is 14.9. The zero-order chi connectivity index (χ0) is 10.7. The van der Waals surface area contributed by atoms with Gasteiger partial charge in [0.2, 0.25) is 0 Å². The summed E-state index contributed by atoms with van der Waals surface area (Å²) < 4.78 is 0. The van der Waals surface area contributed by atoms with Gasteiger partial charge in [0.1, 0.15) is 0 Å². The van der Waals surface area contributed by atoms with E-state index < -0.39 is 0 Å². The third-order valence-electron chi connectivity index (χ3n) is 3.34. The van der Waals surface area contributed by atoms with Crippen LogP contribution in [0.5, 0.6) is 0 Å². The molecule has 1 fully saturated rings. The summed E-state index contributed by atoms with van der Waals surface area (Å²) in [5.74, 6) is 0.869. The molecule has 0 aliphatic heterocycles. The van der Waals surface area contributed by atoms with Crippen molar-refractivity contribution >= 4 is 5.69 Å². The lowest BCUT2D eigenvalue weighted by Gasteiger charge is -2.28. The predicted octanol–water partition coefficient (Wildman–Crippen LogP) is 3.38. The molecule has 1 saturated carbocycles. The van der Waals surface area contributed by atoms with E-state index in [0.717, 1.165) is 5.92 Å². The van der Waals surface area contributed by atoms with Crippen LogP contribution in [0.1, 0.15) is 38.2 Å². The smallest absolute Gasteiger partial charge is 0.0558 e. The molecule has 1 aliphatic rings. The second-order valence-electron chi connectivity index (χ2n) is 4.80. The summed E-state index contributed by atoms with van der Waals surface area (Å²) in [4.78, 5) is 4.17. The minimum atomic E-state index is 0.650. The van der Waals surface area contributed by atoms with Crippen LogP contribution in [0.15, 0.2) is 18.5 Å². The molecule has 0 aromatic carbocycles. The maximum atomic E-state index is 4.17. The molecular formula is C13H20N2.